The summed E-state index contributed by atoms with van der Waals surface area (Å²) in [5.41, 5.74) is -3.68. The first-order valence-corrected chi connectivity index (χ1v) is 16.5. The molecule has 0 amide bonds. The number of alkyl halides is 6. The first kappa shape index (κ1) is 33.6. The highest BCUT2D eigenvalue weighted by Crippen LogP contribution is 2.39. The maximum atomic E-state index is 13.9. The maximum absolute atomic E-state index is 13.9. The summed E-state index contributed by atoms with van der Waals surface area (Å²) >= 11 is 12.7. The van der Waals surface area contributed by atoms with E-state index in [1.165, 1.54) is 18.5 Å². The molecule has 44 heavy (non-hydrogen) atoms. The number of hydrogen-bond acceptors (Lipinski definition) is 7. The van der Waals surface area contributed by atoms with Crippen LogP contribution in [-0.4, -0.2) is 39.2 Å². The molecule has 0 bridgehead atoms. The van der Waals surface area contributed by atoms with Gasteiger partial charge in [0.2, 0.25) is 5.78 Å². The summed E-state index contributed by atoms with van der Waals surface area (Å²) in [5, 5.41) is 11.1. The Morgan fingerprint density at radius 3 is 2.18 bits per heavy atom. The summed E-state index contributed by atoms with van der Waals surface area (Å²) in [4.78, 5) is 17.8. The fourth-order valence-corrected chi connectivity index (χ4v) is 5.16. The van der Waals surface area contributed by atoms with E-state index in [4.69, 9.17) is 32.2 Å². The number of aromatic nitrogens is 5. The van der Waals surface area contributed by atoms with Gasteiger partial charge in [0.1, 0.15) is 5.69 Å². The fourth-order valence-electron chi connectivity index (χ4n) is 3.81. The highest BCUT2D eigenvalue weighted by molar-refractivity contribution is 6.74. The van der Waals surface area contributed by atoms with Gasteiger partial charge in [-0.25, -0.2) is 4.68 Å². The predicted molar refractivity (Wildman–Crippen MR) is 151 cm³/mol. The lowest BCUT2D eigenvalue weighted by atomic mass is 10.0. The number of ketones is 1. The molecule has 0 fully saturated rings. The summed E-state index contributed by atoms with van der Waals surface area (Å²) < 4.78 is 92.7. The van der Waals surface area contributed by atoms with Gasteiger partial charge in [-0.05, 0) is 48.0 Å². The van der Waals surface area contributed by atoms with Crippen molar-refractivity contribution in [3.8, 4) is 11.3 Å². The van der Waals surface area contributed by atoms with Crippen LogP contribution in [0.3, 0.4) is 0 Å². The van der Waals surface area contributed by atoms with Crippen LogP contribution in [0.1, 0.15) is 59.3 Å². The molecule has 0 atom stereocenters. The highest BCUT2D eigenvalue weighted by Gasteiger charge is 2.39. The van der Waals surface area contributed by atoms with Crippen molar-refractivity contribution in [3.05, 3.63) is 80.5 Å². The van der Waals surface area contributed by atoms with Crippen LogP contribution >= 0.6 is 23.2 Å². The number of carbonyl (C=O) groups excluding carboxylic acids is 1. The number of nitrogens with zero attached hydrogens (tertiary/aromatic N) is 5. The van der Waals surface area contributed by atoms with Crippen molar-refractivity contribution in [2.75, 3.05) is 0 Å². The molecule has 236 valence electrons. The van der Waals surface area contributed by atoms with Crippen LogP contribution in [0.4, 0.5) is 26.3 Å². The van der Waals surface area contributed by atoms with Crippen molar-refractivity contribution in [2.45, 2.75) is 64.4 Å². The van der Waals surface area contributed by atoms with E-state index in [1.807, 2.05) is 33.9 Å². The molecule has 8 nitrogen and oxygen atoms in total. The minimum absolute atomic E-state index is 0.00642. The minimum atomic E-state index is -5.05. The van der Waals surface area contributed by atoms with Gasteiger partial charge in [-0.15, -0.1) is 5.10 Å². The van der Waals surface area contributed by atoms with Gasteiger partial charge in [-0.2, -0.15) is 26.3 Å². The summed E-state index contributed by atoms with van der Waals surface area (Å²) in [6.45, 7) is 9.25. The lowest BCUT2D eigenvalue weighted by Crippen LogP contribution is -2.40. The minimum Gasteiger partial charge on any atom is -0.409 e. The van der Waals surface area contributed by atoms with Crippen molar-refractivity contribution >= 4 is 37.3 Å². The van der Waals surface area contributed by atoms with Crippen LogP contribution in [-0.2, 0) is 29.9 Å². The Morgan fingerprint density at radius 1 is 1.02 bits per heavy atom. The van der Waals surface area contributed by atoms with Gasteiger partial charge in [0.05, 0.1) is 34.9 Å². The molecule has 0 unspecified atom stereocenters. The molecule has 0 saturated carbocycles. The van der Waals surface area contributed by atoms with E-state index in [1.54, 1.807) is 0 Å². The third-order valence-electron chi connectivity index (χ3n) is 7.26. The number of pyridine rings is 1. The number of benzene rings is 1. The fraction of sp³-hybridized carbons (Fsp3) is 0.370. The number of rotatable bonds is 8. The van der Waals surface area contributed by atoms with Gasteiger partial charge < -0.3 is 8.95 Å². The zero-order valence-electron chi connectivity index (χ0n) is 23.9. The molecule has 0 spiro atoms. The average molecular weight is 681 g/mol. The molecule has 3 heterocycles. The van der Waals surface area contributed by atoms with Crippen LogP contribution in [0.5, 0.6) is 0 Å². The Hall–Kier alpha value is -3.27. The molecule has 0 aliphatic carbocycles. The maximum Gasteiger partial charge on any atom is 0.416 e. The predicted octanol–water partition coefficient (Wildman–Crippen LogP) is 8.47. The Kier molecular flexibility index (Phi) is 9.10. The Labute approximate surface area is 258 Å². The van der Waals surface area contributed by atoms with E-state index in [2.05, 4.69) is 20.5 Å². The van der Waals surface area contributed by atoms with Gasteiger partial charge in [0, 0.05) is 18.0 Å². The second kappa shape index (κ2) is 11.9. The second-order valence-electron chi connectivity index (χ2n) is 11.4. The normalized spacial score (nSPS) is 13.0. The second-order valence-corrected chi connectivity index (χ2v) is 16.9. The van der Waals surface area contributed by atoms with Crippen molar-refractivity contribution in [1.82, 2.24) is 25.1 Å². The molecule has 0 radical (unpaired) electrons. The average Bonchev–Trinajstić information content (AvgIpc) is 3.49. The van der Waals surface area contributed by atoms with Gasteiger partial charge in [-0.1, -0.05) is 54.3 Å². The first-order valence-electron chi connectivity index (χ1n) is 12.8. The Balaban J connectivity index is 1.76. The SMILES string of the molecule is CC(C)(C)[Si](C)(C)OCc1onc(-c2ccncc2Cl)c1C(=O)c1nnn(Cc2cc(C(F)(F)F)cc(C(F)(F)F)c2)c1Cl. The van der Waals surface area contributed by atoms with Gasteiger partial charge in [-0.3, -0.25) is 9.78 Å². The zero-order chi connectivity index (χ0) is 32.8. The summed E-state index contributed by atoms with van der Waals surface area (Å²) in [6, 6.07) is 2.58. The lowest BCUT2D eigenvalue weighted by Gasteiger charge is -2.35. The number of carbonyl (C=O) groups is 1. The smallest absolute Gasteiger partial charge is 0.409 e. The monoisotopic (exact) mass is 679 g/mol. The summed E-state index contributed by atoms with van der Waals surface area (Å²) in [6.07, 6.45) is -7.35. The molecule has 0 N–H and O–H groups in total. The van der Waals surface area contributed by atoms with E-state index >= 15 is 0 Å². The topological polar surface area (TPSA) is 95.9 Å². The van der Waals surface area contributed by atoms with Gasteiger partial charge in [0.15, 0.2) is 24.9 Å². The van der Waals surface area contributed by atoms with Crippen LogP contribution in [0.2, 0.25) is 28.3 Å². The van der Waals surface area contributed by atoms with Gasteiger partial charge >= 0.3 is 12.4 Å². The molecule has 0 aliphatic heterocycles. The van der Waals surface area contributed by atoms with Crippen molar-refractivity contribution in [2.24, 2.45) is 0 Å². The van der Waals surface area contributed by atoms with Crippen LogP contribution in [0.25, 0.3) is 11.3 Å². The van der Waals surface area contributed by atoms with E-state index in [9.17, 15) is 31.1 Å². The summed E-state index contributed by atoms with van der Waals surface area (Å²) in [5.74, 6) is -0.805. The van der Waals surface area contributed by atoms with E-state index < -0.39 is 60.5 Å². The van der Waals surface area contributed by atoms with E-state index in [-0.39, 0.29) is 39.8 Å². The molecular formula is C27H25Cl2F6N5O3Si. The molecule has 17 heteroatoms. The number of halogens is 8. The van der Waals surface area contributed by atoms with Crippen molar-refractivity contribution in [3.63, 3.8) is 0 Å². The molecule has 1 aromatic carbocycles. The molecule has 0 aliphatic rings. The molecule has 4 aromatic rings. The van der Waals surface area contributed by atoms with Crippen LogP contribution < -0.4 is 0 Å². The highest BCUT2D eigenvalue weighted by atomic mass is 35.5. The largest absolute Gasteiger partial charge is 0.416 e. The molecule has 0 saturated heterocycles. The molecule has 3 aromatic heterocycles. The molecule has 4 rings (SSSR count). The summed E-state index contributed by atoms with van der Waals surface area (Å²) in [7, 11) is -2.35. The standard InChI is InChI=1S/C27H25Cl2F6N5O3Si/c1-25(2,3)44(4,5)42-13-19-20(21(38-43-19)17-6-7-36-11-18(17)28)23(41)22-24(29)40(39-37-22)12-14-8-15(26(30,31)32)10-16(9-14)27(33,34)35/h6-11H,12-13H2,1-5H3. The van der Waals surface area contributed by atoms with E-state index in [0.29, 0.717) is 17.7 Å². The van der Waals surface area contributed by atoms with Crippen LogP contribution in [0, 0.1) is 0 Å². The van der Waals surface area contributed by atoms with Crippen molar-refractivity contribution < 1.29 is 40.1 Å². The number of hydrogen-bond donors (Lipinski definition) is 0. The van der Waals surface area contributed by atoms with Crippen LogP contribution in [0.15, 0.2) is 41.2 Å². The third-order valence-corrected chi connectivity index (χ3v) is 12.4. The quantitative estimate of drug-likeness (QED) is 0.105. The zero-order valence-corrected chi connectivity index (χ0v) is 26.4. The first-order chi connectivity index (χ1) is 20.2. The Bertz CT molecular complexity index is 1660. The van der Waals surface area contributed by atoms with Gasteiger partial charge in [0.25, 0.3) is 0 Å². The van der Waals surface area contributed by atoms with Crippen molar-refractivity contribution in [1.29, 1.82) is 0 Å². The lowest BCUT2D eigenvalue weighted by molar-refractivity contribution is -0.143. The van der Waals surface area contributed by atoms with E-state index in [0.717, 1.165) is 4.68 Å². The molecular weight excluding hydrogens is 655 g/mol. The third kappa shape index (κ3) is 7.00. The Morgan fingerprint density at radius 2 is 1.64 bits per heavy atom.